The molecule has 0 unspecified atom stereocenters. The van der Waals surface area contributed by atoms with Crippen LogP contribution in [0, 0.1) is 0 Å². The molecule has 1 N–H and O–H groups in total. The summed E-state index contributed by atoms with van der Waals surface area (Å²) in [6.07, 6.45) is 1.68. The van der Waals surface area contributed by atoms with E-state index in [2.05, 4.69) is 9.71 Å². The van der Waals surface area contributed by atoms with Crippen molar-refractivity contribution in [1.82, 2.24) is 4.98 Å². The van der Waals surface area contributed by atoms with E-state index in [1.165, 1.54) is 18.2 Å². The number of rotatable bonds is 6. The van der Waals surface area contributed by atoms with E-state index < -0.39 is 10.0 Å². The molecule has 0 bridgehead atoms. The van der Waals surface area contributed by atoms with E-state index in [4.69, 9.17) is 27.9 Å². The predicted octanol–water partition coefficient (Wildman–Crippen LogP) is 4.77. The van der Waals surface area contributed by atoms with Gasteiger partial charge in [-0.05, 0) is 42.5 Å². The van der Waals surface area contributed by atoms with Gasteiger partial charge in [-0.1, -0.05) is 35.3 Å². The van der Waals surface area contributed by atoms with Crippen molar-refractivity contribution in [3.8, 4) is 5.75 Å². The summed E-state index contributed by atoms with van der Waals surface area (Å²) in [4.78, 5) is 4.08. The lowest BCUT2D eigenvalue weighted by atomic mass is 10.3. The van der Waals surface area contributed by atoms with Crippen molar-refractivity contribution < 1.29 is 13.2 Å². The lowest BCUT2D eigenvalue weighted by molar-refractivity contribution is 0.301. The first-order chi connectivity index (χ1) is 12.4. The molecule has 3 rings (SSSR count). The van der Waals surface area contributed by atoms with Crippen LogP contribution in [0.15, 0.2) is 71.8 Å². The minimum absolute atomic E-state index is 0.0875. The SMILES string of the molecule is O=S(=O)(Nc1cccc(OCc2ccccn2)c1)c1cc(Cl)ccc1Cl. The zero-order chi connectivity index (χ0) is 18.6. The zero-order valence-electron chi connectivity index (χ0n) is 13.4. The number of halogens is 2. The normalized spacial score (nSPS) is 11.2. The standard InChI is InChI=1S/C18H14Cl2N2O3S/c19-13-7-8-17(20)18(10-13)26(23,24)22-14-5-3-6-16(11-14)25-12-15-4-1-2-9-21-15/h1-11,22H,12H2. The van der Waals surface area contributed by atoms with Crippen molar-refractivity contribution in [1.29, 1.82) is 0 Å². The van der Waals surface area contributed by atoms with Gasteiger partial charge in [-0.15, -0.1) is 0 Å². The molecule has 134 valence electrons. The first-order valence-corrected chi connectivity index (χ1v) is 9.78. The highest BCUT2D eigenvalue weighted by atomic mass is 35.5. The van der Waals surface area contributed by atoms with Gasteiger partial charge in [-0.25, -0.2) is 8.42 Å². The molecule has 0 aliphatic heterocycles. The van der Waals surface area contributed by atoms with Crippen molar-refractivity contribution >= 4 is 38.9 Å². The van der Waals surface area contributed by atoms with Gasteiger partial charge in [0.2, 0.25) is 0 Å². The number of benzene rings is 2. The maximum absolute atomic E-state index is 12.6. The summed E-state index contributed by atoms with van der Waals surface area (Å²) in [7, 11) is -3.88. The third kappa shape index (κ3) is 4.66. The molecule has 26 heavy (non-hydrogen) atoms. The number of nitrogens with zero attached hydrogens (tertiary/aromatic N) is 1. The minimum Gasteiger partial charge on any atom is -0.487 e. The molecule has 0 aliphatic carbocycles. The molecule has 0 saturated carbocycles. The van der Waals surface area contributed by atoms with E-state index in [0.717, 1.165) is 5.69 Å². The smallest absolute Gasteiger partial charge is 0.263 e. The molecule has 0 atom stereocenters. The van der Waals surface area contributed by atoms with E-state index in [9.17, 15) is 8.42 Å². The van der Waals surface area contributed by atoms with Gasteiger partial charge in [0.25, 0.3) is 10.0 Å². The molecule has 1 heterocycles. The van der Waals surface area contributed by atoms with Gasteiger partial charge in [-0.3, -0.25) is 9.71 Å². The third-order valence-corrected chi connectivity index (χ3v) is 5.48. The second-order valence-electron chi connectivity index (χ2n) is 5.32. The van der Waals surface area contributed by atoms with E-state index in [1.807, 2.05) is 18.2 Å². The first kappa shape index (κ1) is 18.5. The number of nitrogens with one attached hydrogen (secondary N) is 1. The van der Waals surface area contributed by atoms with Gasteiger partial charge in [0, 0.05) is 17.3 Å². The summed E-state index contributed by atoms with van der Waals surface area (Å²) in [5, 5.41) is 0.367. The summed E-state index contributed by atoms with van der Waals surface area (Å²) in [6, 6.07) is 16.4. The third-order valence-electron chi connectivity index (χ3n) is 3.38. The average Bonchev–Trinajstić information content (AvgIpc) is 2.63. The maximum Gasteiger partial charge on any atom is 0.263 e. The Hall–Kier alpha value is -2.28. The number of ether oxygens (including phenoxy) is 1. The van der Waals surface area contributed by atoms with Gasteiger partial charge in [0.05, 0.1) is 16.4 Å². The molecule has 2 aromatic carbocycles. The molecule has 5 nitrogen and oxygen atoms in total. The van der Waals surface area contributed by atoms with E-state index in [-0.39, 0.29) is 21.5 Å². The molecule has 8 heteroatoms. The summed E-state index contributed by atoms with van der Waals surface area (Å²) >= 11 is 11.9. The Morgan fingerprint density at radius 1 is 1.00 bits per heavy atom. The van der Waals surface area contributed by atoms with Gasteiger partial charge in [-0.2, -0.15) is 0 Å². The molecule has 0 amide bonds. The van der Waals surface area contributed by atoms with Crippen molar-refractivity contribution in [3.05, 3.63) is 82.6 Å². The Kier molecular flexibility index (Phi) is 5.66. The second kappa shape index (κ2) is 7.95. The van der Waals surface area contributed by atoms with Crippen molar-refractivity contribution in [2.75, 3.05) is 4.72 Å². The number of pyridine rings is 1. The molecule has 0 spiro atoms. The minimum atomic E-state index is -3.88. The van der Waals surface area contributed by atoms with Gasteiger partial charge >= 0.3 is 0 Å². The molecule has 1 aromatic heterocycles. The molecule has 0 aliphatic rings. The predicted molar refractivity (Wildman–Crippen MR) is 102 cm³/mol. The Bertz CT molecular complexity index is 1010. The fourth-order valence-corrected chi connectivity index (χ4v) is 4.00. The van der Waals surface area contributed by atoms with Crippen molar-refractivity contribution in [3.63, 3.8) is 0 Å². The van der Waals surface area contributed by atoms with Crippen LogP contribution in [0.25, 0.3) is 0 Å². The monoisotopic (exact) mass is 408 g/mol. The van der Waals surface area contributed by atoms with Crippen LogP contribution < -0.4 is 9.46 Å². The molecular weight excluding hydrogens is 395 g/mol. The molecule has 0 fully saturated rings. The quantitative estimate of drug-likeness (QED) is 0.637. The topological polar surface area (TPSA) is 68.3 Å². The average molecular weight is 409 g/mol. The maximum atomic E-state index is 12.6. The Morgan fingerprint density at radius 3 is 2.62 bits per heavy atom. The van der Waals surface area contributed by atoms with Crippen LogP contribution in [0.1, 0.15) is 5.69 Å². The van der Waals surface area contributed by atoms with Crippen LogP contribution in [-0.2, 0) is 16.6 Å². The first-order valence-electron chi connectivity index (χ1n) is 7.55. The van der Waals surface area contributed by atoms with Crippen LogP contribution in [0.2, 0.25) is 10.0 Å². The largest absolute Gasteiger partial charge is 0.487 e. The van der Waals surface area contributed by atoms with E-state index >= 15 is 0 Å². The highest BCUT2D eigenvalue weighted by Crippen LogP contribution is 2.28. The van der Waals surface area contributed by atoms with Crippen LogP contribution in [0.5, 0.6) is 5.75 Å². The summed E-state index contributed by atoms with van der Waals surface area (Å²) in [5.74, 6) is 0.507. The Morgan fingerprint density at radius 2 is 1.85 bits per heavy atom. The molecule has 0 radical (unpaired) electrons. The Balaban J connectivity index is 1.76. The fraction of sp³-hybridized carbons (Fsp3) is 0.0556. The van der Waals surface area contributed by atoms with Crippen LogP contribution in [0.4, 0.5) is 5.69 Å². The van der Waals surface area contributed by atoms with Crippen LogP contribution in [0.3, 0.4) is 0 Å². The number of hydrogen-bond acceptors (Lipinski definition) is 4. The van der Waals surface area contributed by atoms with Crippen LogP contribution >= 0.6 is 23.2 Å². The number of anilines is 1. The fourth-order valence-electron chi connectivity index (χ4n) is 2.18. The summed E-state index contributed by atoms with van der Waals surface area (Å²) < 4.78 is 33.2. The van der Waals surface area contributed by atoms with Gasteiger partial charge in [0.15, 0.2) is 0 Å². The summed E-state index contributed by atoms with van der Waals surface area (Å²) in [5.41, 5.74) is 1.11. The van der Waals surface area contributed by atoms with Crippen molar-refractivity contribution in [2.45, 2.75) is 11.5 Å². The number of sulfonamides is 1. The Labute approximate surface area is 161 Å². The lowest BCUT2D eigenvalue weighted by Gasteiger charge is -2.11. The molecular formula is C18H14Cl2N2O3S. The highest BCUT2D eigenvalue weighted by molar-refractivity contribution is 7.92. The number of hydrogen-bond donors (Lipinski definition) is 1. The zero-order valence-corrected chi connectivity index (χ0v) is 15.7. The lowest BCUT2D eigenvalue weighted by Crippen LogP contribution is -2.13. The summed E-state index contributed by atoms with van der Waals surface area (Å²) in [6.45, 7) is 0.275. The number of aromatic nitrogens is 1. The van der Waals surface area contributed by atoms with Gasteiger partial charge < -0.3 is 4.74 Å². The van der Waals surface area contributed by atoms with E-state index in [1.54, 1.807) is 30.5 Å². The highest BCUT2D eigenvalue weighted by Gasteiger charge is 2.18. The van der Waals surface area contributed by atoms with Crippen LogP contribution in [-0.4, -0.2) is 13.4 Å². The molecule has 0 saturated heterocycles. The molecule has 3 aromatic rings. The van der Waals surface area contributed by atoms with E-state index in [0.29, 0.717) is 11.4 Å². The van der Waals surface area contributed by atoms with Crippen molar-refractivity contribution in [2.24, 2.45) is 0 Å². The van der Waals surface area contributed by atoms with Gasteiger partial charge in [0.1, 0.15) is 17.3 Å². The second-order valence-corrected chi connectivity index (χ2v) is 7.81.